The maximum absolute atomic E-state index is 12.2. The third-order valence-electron chi connectivity index (χ3n) is 3.53. The molecule has 1 aromatic carbocycles. The van der Waals surface area contributed by atoms with E-state index in [9.17, 15) is 14.4 Å². The summed E-state index contributed by atoms with van der Waals surface area (Å²) >= 11 is 0. The minimum atomic E-state index is -1.18. The zero-order chi connectivity index (χ0) is 14.8. The Labute approximate surface area is 121 Å². The highest BCUT2D eigenvalue weighted by Crippen LogP contribution is 2.31. The predicted molar refractivity (Wildman–Crippen MR) is 72.4 cm³/mol. The molecule has 0 bridgehead atoms. The van der Waals surface area contributed by atoms with Gasteiger partial charge in [0.2, 0.25) is 5.91 Å². The highest BCUT2D eigenvalue weighted by Gasteiger charge is 2.34. The van der Waals surface area contributed by atoms with Gasteiger partial charge < -0.3 is 20.7 Å². The Kier molecular flexibility index (Phi) is 3.47. The lowest BCUT2D eigenvalue weighted by atomic mass is 10.00. The molecule has 7 nitrogen and oxygen atoms in total. The first-order valence-electron chi connectivity index (χ1n) is 6.74. The number of ether oxygens (including phenoxy) is 1. The molecule has 0 spiro atoms. The minimum Gasteiger partial charge on any atom is -0.493 e. The maximum atomic E-state index is 12.2. The molecule has 3 N–H and O–H groups in total. The van der Waals surface area contributed by atoms with Crippen molar-refractivity contribution in [2.24, 2.45) is 0 Å². The van der Waals surface area contributed by atoms with Crippen molar-refractivity contribution in [1.82, 2.24) is 16.0 Å². The number of hydrogen-bond donors (Lipinski definition) is 3. The molecule has 2 aliphatic heterocycles. The Morgan fingerprint density at radius 2 is 2.10 bits per heavy atom. The van der Waals surface area contributed by atoms with Crippen LogP contribution in [-0.4, -0.2) is 36.9 Å². The van der Waals surface area contributed by atoms with Crippen LogP contribution < -0.4 is 20.7 Å². The zero-order valence-corrected chi connectivity index (χ0v) is 11.2. The molecular weight excluding hydrogens is 274 g/mol. The minimum absolute atomic E-state index is 0.0945. The van der Waals surface area contributed by atoms with E-state index in [4.69, 9.17) is 4.74 Å². The summed E-state index contributed by atoms with van der Waals surface area (Å²) in [5.41, 5.74) is 0.875. The van der Waals surface area contributed by atoms with Crippen LogP contribution >= 0.6 is 0 Å². The van der Waals surface area contributed by atoms with Crippen LogP contribution in [0.4, 0.5) is 0 Å². The van der Waals surface area contributed by atoms with Gasteiger partial charge in [0.1, 0.15) is 5.75 Å². The van der Waals surface area contributed by atoms with Crippen LogP contribution in [0, 0.1) is 0 Å². The number of hydrogen-bond acceptors (Lipinski definition) is 4. The summed E-state index contributed by atoms with van der Waals surface area (Å²) < 4.78 is 5.52. The van der Waals surface area contributed by atoms with Crippen molar-refractivity contribution in [3.05, 3.63) is 29.8 Å². The summed E-state index contributed by atoms with van der Waals surface area (Å²) in [7, 11) is 0. The number of carbonyl (C=O) groups is 3. The van der Waals surface area contributed by atoms with Gasteiger partial charge in [-0.15, -0.1) is 0 Å². The summed E-state index contributed by atoms with van der Waals surface area (Å²) in [6.45, 7) is 0.397. The number of benzene rings is 1. The Morgan fingerprint density at radius 3 is 2.95 bits per heavy atom. The van der Waals surface area contributed by atoms with E-state index < -0.39 is 17.9 Å². The Bertz CT molecular complexity index is 602. The number of para-hydroxylation sites is 1. The van der Waals surface area contributed by atoms with E-state index in [0.29, 0.717) is 13.0 Å². The van der Waals surface area contributed by atoms with E-state index in [1.54, 1.807) is 0 Å². The molecule has 1 aromatic rings. The summed E-state index contributed by atoms with van der Waals surface area (Å²) in [5, 5.41) is 7.57. The summed E-state index contributed by atoms with van der Waals surface area (Å²) in [5.74, 6) is -0.650. The zero-order valence-electron chi connectivity index (χ0n) is 11.2. The van der Waals surface area contributed by atoms with Gasteiger partial charge in [0.15, 0.2) is 6.04 Å². The lowest BCUT2D eigenvalue weighted by molar-refractivity contribution is -0.140. The Balaban J connectivity index is 1.73. The molecule has 1 fully saturated rings. The van der Waals surface area contributed by atoms with E-state index in [0.717, 1.165) is 11.3 Å². The first-order valence-corrected chi connectivity index (χ1v) is 6.74. The number of rotatable bonds is 2. The van der Waals surface area contributed by atoms with Gasteiger partial charge in [0.25, 0.3) is 11.8 Å². The van der Waals surface area contributed by atoms with Crippen LogP contribution in [0.5, 0.6) is 5.75 Å². The molecule has 0 aliphatic carbocycles. The van der Waals surface area contributed by atoms with Crippen molar-refractivity contribution in [1.29, 1.82) is 0 Å². The van der Waals surface area contributed by atoms with Gasteiger partial charge in [-0.3, -0.25) is 14.4 Å². The van der Waals surface area contributed by atoms with Gasteiger partial charge in [-0.1, -0.05) is 18.2 Å². The molecular formula is C14H15N3O4. The third kappa shape index (κ3) is 2.67. The highest BCUT2D eigenvalue weighted by atomic mass is 16.5. The van der Waals surface area contributed by atoms with Gasteiger partial charge >= 0.3 is 0 Å². The van der Waals surface area contributed by atoms with Crippen molar-refractivity contribution in [2.75, 3.05) is 13.2 Å². The number of piperazine rings is 1. The van der Waals surface area contributed by atoms with Crippen LogP contribution in [0.1, 0.15) is 18.0 Å². The second-order valence-electron chi connectivity index (χ2n) is 4.95. The van der Waals surface area contributed by atoms with E-state index in [-0.39, 0.29) is 18.5 Å². The molecule has 2 atom stereocenters. The SMILES string of the molecule is O=C1CNC(=O)[C@@H](C(=O)N[C@H]2CCOc3ccccc32)N1. The number of carbonyl (C=O) groups excluding carboxylic acids is 3. The molecule has 7 heteroatoms. The molecule has 110 valence electrons. The number of amides is 3. The second-order valence-corrected chi connectivity index (χ2v) is 4.95. The molecule has 0 radical (unpaired) electrons. The quantitative estimate of drug-likeness (QED) is 0.624. The van der Waals surface area contributed by atoms with Gasteiger partial charge in [0.05, 0.1) is 19.2 Å². The van der Waals surface area contributed by atoms with E-state index in [2.05, 4.69) is 16.0 Å². The van der Waals surface area contributed by atoms with Crippen LogP contribution in [0.3, 0.4) is 0 Å². The topological polar surface area (TPSA) is 96.5 Å². The fraction of sp³-hybridized carbons (Fsp3) is 0.357. The lowest BCUT2D eigenvalue weighted by Crippen LogP contribution is -2.62. The van der Waals surface area contributed by atoms with Crippen molar-refractivity contribution >= 4 is 17.7 Å². The average Bonchev–Trinajstić information content (AvgIpc) is 2.50. The van der Waals surface area contributed by atoms with Crippen LogP contribution in [0.15, 0.2) is 24.3 Å². The molecule has 2 heterocycles. The molecule has 0 aromatic heterocycles. The van der Waals surface area contributed by atoms with Gasteiger partial charge in [-0.2, -0.15) is 0 Å². The average molecular weight is 289 g/mol. The van der Waals surface area contributed by atoms with Crippen molar-refractivity contribution < 1.29 is 19.1 Å². The third-order valence-corrected chi connectivity index (χ3v) is 3.53. The van der Waals surface area contributed by atoms with Gasteiger partial charge in [-0.25, -0.2) is 0 Å². The largest absolute Gasteiger partial charge is 0.493 e. The highest BCUT2D eigenvalue weighted by molar-refractivity contribution is 6.10. The smallest absolute Gasteiger partial charge is 0.252 e. The van der Waals surface area contributed by atoms with Crippen molar-refractivity contribution in [2.45, 2.75) is 18.5 Å². The monoisotopic (exact) mass is 289 g/mol. The van der Waals surface area contributed by atoms with Crippen LogP contribution in [0.2, 0.25) is 0 Å². The fourth-order valence-corrected chi connectivity index (χ4v) is 2.48. The molecule has 3 rings (SSSR count). The first-order chi connectivity index (χ1) is 10.1. The molecule has 0 saturated carbocycles. The van der Waals surface area contributed by atoms with Crippen molar-refractivity contribution in [3.8, 4) is 5.75 Å². The number of fused-ring (bicyclic) bond motifs is 1. The van der Waals surface area contributed by atoms with Gasteiger partial charge in [0, 0.05) is 12.0 Å². The molecule has 2 aliphatic rings. The van der Waals surface area contributed by atoms with Gasteiger partial charge in [-0.05, 0) is 6.07 Å². The molecule has 0 unspecified atom stereocenters. The second kappa shape index (κ2) is 5.43. The van der Waals surface area contributed by atoms with Crippen molar-refractivity contribution in [3.63, 3.8) is 0 Å². The number of nitrogens with one attached hydrogen (secondary N) is 3. The molecule has 21 heavy (non-hydrogen) atoms. The van der Waals surface area contributed by atoms with Crippen LogP contribution in [-0.2, 0) is 14.4 Å². The molecule has 3 amide bonds. The fourth-order valence-electron chi connectivity index (χ4n) is 2.48. The predicted octanol–water partition coefficient (Wildman–Crippen LogP) is -0.759. The lowest BCUT2D eigenvalue weighted by Gasteiger charge is -2.29. The Morgan fingerprint density at radius 1 is 1.29 bits per heavy atom. The summed E-state index contributed by atoms with van der Waals surface area (Å²) in [6.07, 6.45) is 0.616. The standard InChI is InChI=1S/C14H15N3O4/c18-11-7-15-13(19)12(17-11)14(20)16-9-5-6-21-10-4-2-1-3-8(9)10/h1-4,9,12H,5-7H2,(H,15,19)(H,16,20)(H,17,18)/t9-,12-/m0/s1. The van der Waals surface area contributed by atoms with E-state index in [1.165, 1.54) is 0 Å². The molecule has 1 saturated heterocycles. The van der Waals surface area contributed by atoms with Crippen LogP contribution in [0.25, 0.3) is 0 Å². The summed E-state index contributed by atoms with van der Waals surface area (Å²) in [4.78, 5) is 35.2. The van der Waals surface area contributed by atoms with E-state index >= 15 is 0 Å². The first kappa shape index (κ1) is 13.4. The Hall–Kier alpha value is -2.57. The van der Waals surface area contributed by atoms with E-state index in [1.807, 2.05) is 24.3 Å². The summed E-state index contributed by atoms with van der Waals surface area (Å²) in [6, 6.07) is 6.02. The maximum Gasteiger partial charge on any atom is 0.252 e. The normalized spacial score (nSPS) is 24.2.